The van der Waals surface area contributed by atoms with Crippen molar-refractivity contribution in [2.45, 2.75) is 32.9 Å². The molecule has 102 valence electrons. The first-order valence-corrected chi connectivity index (χ1v) is 7.09. The summed E-state index contributed by atoms with van der Waals surface area (Å²) in [7, 11) is 0. The molecule has 0 amide bonds. The van der Waals surface area contributed by atoms with Gasteiger partial charge in [0.05, 0.1) is 0 Å². The lowest BCUT2D eigenvalue weighted by atomic mass is 10.1. The van der Waals surface area contributed by atoms with Gasteiger partial charge < -0.3 is 5.32 Å². The van der Waals surface area contributed by atoms with Gasteiger partial charge in [-0.3, -0.25) is 0 Å². The van der Waals surface area contributed by atoms with Gasteiger partial charge in [-0.05, 0) is 38.5 Å². The Bertz CT molecular complexity index is 551. The lowest BCUT2D eigenvalue weighted by Gasteiger charge is -2.13. The van der Waals surface area contributed by atoms with E-state index in [2.05, 4.69) is 31.3 Å². The fourth-order valence-corrected chi connectivity index (χ4v) is 2.94. The van der Waals surface area contributed by atoms with E-state index in [1.54, 1.807) is 11.3 Å². The van der Waals surface area contributed by atoms with E-state index >= 15 is 0 Å². The van der Waals surface area contributed by atoms with E-state index in [0.717, 1.165) is 12.5 Å². The van der Waals surface area contributed by atoms with Gasteiger partial charge in [0.15, 0.2) is 0 Å². The van der Waals surface area contributed by atoms with Crippen LogP contribution in [0.5, 0.6) is 0 Å². The smallest absolute Gasteiger partial charge is 0.130 e. The van der Waals surface area contributed by atoms with E-state index in [1.807, 2.05) is 0 Å². The van der Waals surface area contributed by atoms with E-state index in [-0.39, 0.29) is 6.04 Å². The number of hydrogen-bond donors (Lipinski definition) is 1. The van der Waals surface area contributed by atoms with Crippen molar-refractivity contribution in [1.82, 2.24) is 5.32 Å². The Morgan fingerprint density at radius 2 is 2.00 bits per heavy atom. The highest BCUT2D eigenvalue weighted by Crippen LogP contribution is 2.17. The maximum absolute atomic E-state index is 13.5. The summed E-state index contributed by atoms with van der Waals surface area (Å²) in [6.07, 6.45) is 0.918. The SMILES string of the molecule is Cc1ccc(CC(C)NCc2ccc(F)cc2F)s1. The Kier molecular flexibility index (Phi) is 4.66. The highest BCUT2D eigenvalue weighted by atomic mass is 32.1. The summed E-state index contributed by atoms with van der Waals surface area (Å²) in [5.74, 6) is -1.03. The summed E-state index contributed by atoms with van der Waals surface area (Å²) in [4.78, 5) is 2.61. The fraction of sp³-hybridized carbons (Fsp3) is 0.333. The molecule has 0 saturated carbocycles. The number of hydrogen-bond acceptors (Lipinski definition) is 2. The summed E-state index contributed by atoms with van der Waals surface area (Å²) < 4.78 is 26.2. The van der Waals surface area contributed by atoms with E-state index in [0.29, 0.717) is 12.1 Å². The van der Waals surface area contributed by atoms with Crippen LogP contribution in [-0.2, 0) is 13.0 Å². The largest absolute Gasteiger partial charge is 0.310 e. The normalized spacial score (nSPS) is 12.6. The number of rotatable bonds is 5. The maximum atomic E-state index is 13.5. The zero-order chi connectivity index (χ0) is 13.8. The number of aryl methyl sites for hydroxylation is 1. The second kappa shape index (κ2) is 6.26. The van der Waals surface area contributed by atoms with Gasteiger partial charge in [-0.25, -0.2) is 8.78 Å². The second-order valence-corrected chi connectivity index (χ2v) is 6.11. The first-order chi connectivity index (χ1) is 9.04. The first kappa shape index (κ1) is 14.2. The molecule has 1 unspecified atom stereocenters. The second-order valence-electron chi connectivity index (χ2n) is 4.73. The van der Waals surface area contributed by atoms with Crippen LogP contribution < -0.4 is 5.32 Å². The third-order valence-electron chi connectivity index (χ3n) is 2.96. The Morgan fingerprint density at radius 3 is 2.63 bits per heavy atom. The van der Waals surface area contributed by atoms with Gasteiger partial charge in [0.1, 0.15) is 11.6 Å². The molecule has 1 atom stereocenters. The van der Waals surface area contributed by atoms with Gasteiger partial charge in [-0.1, -0.05) is 6.07 Å². The third kappa shape index (κ3) is 4.11. The zero-order valence-corrected chi connectivity index (χ0v) is 11.9. The van der Waals surface area contributed by atoms with E-state index in [9.17, 15) is 8.78 Å². The monoisotopic (exact) mass is 281 g/mol. The molecule has 0 spiro atoms. The van der Waals surface area contributed by atoms with Crippen LogP contribution in [0.4, 0.5) is 8.78 Å². The minimum atomic E-state index is -0.539. The molecule has 0 aliphatic rings. The van der Waals surface area contributed by atoms with Crippen molar-refractivity contribution >= 4 is 11.3 Å². The Balaban J connectivity index is 1.87. The quantitative estimate of drug-likeness (QED) is 0.871. The van der Waals surface area contributed by atoms with Crippen molar-refractivity contribution in [1.29, 1.82) is 0 Å². The highest BCUT2D eigenvalue weighted by Gasteiger charge is 2.08. The summed E-state index contributed by atoms with van der Waals surface area (Å²) in [5.41, 5.74) is 0.496. The molecule has 4 heteroatoms. The maximum Gasteiger partial charge on any atom is 0.130 e. The molecule has 19 heavy (non-hydrogen) atoms. The Hall–Kier alpha value is -1.26. The average Bonchev–Trinajstić information content (AvgIpc) is 2.73. The van der Waals surface area contributed by atoms with E-state index in [1.165, 1.54) is 21.9 Å². The van der Waals surface area contributed by atoms with Gasteiger partial charge in [0, 0.05) is 34.0 Å². The van der Waals surface area contributed by atoms with Crippen LogP contribution in [0, 0.1) is 18.6 Å². The predicted octanol–water partition coefficient (Wildman–Crippen LogP) is 4.06. The number of thiophene rings is 1. The van der Waals surface area contributed by atoms with Crippen molar-refractivity contribution in [2.24, 2.45) is 0 Å². The standard InChI is InChI=1S/C15H17F2NS/c1-10(7-14-6-3-11(2)19-14)18-9-12-4-5-13(16)8-15(12)17/h3-6,8,10,18H,7,9H2,1-2H3. The molecule has 0 radical (unpaired) electrons. The molecule has 0 saturated heterocycles. The summed E-state index contributed by atoms with van der Waals surface area (Å²) in [5, 5.41) is 3.26. The highest BCUT2D eigenvalue weighted by molar-refractivity contribution is 7.11. The van der Waals surface area contributed by atoms with Crippen LogP contribution in [0.25, 0.3) is 0 Å². The minimum Gasteiger partial charge on any atom is -0.310 e. The first-order valence-electron chi connectivity index (χ1n) is 6.27. The molecule has 0 aliphatic carbocycles. The van der Waals surface area contributed by atoms with Gasteiger partial charge in [-0.15, -0.1) is 11.3 Å². The van der Waals surface area contributed by atoms with Crippen LogP contribution in [0.2, 0.25) is 0 Å². The van der Waals surface area contributed by atoms with Crippen LogP contribution in [0.1, 0.15) is 22.2 Å². The summed E-state index contributed by atoms with van der Waals surface area (Å²) in [6, 6.07) is 8.17. The molecule has 0 bridgehead atoms. The molecule has 1 nitrogen and oxygen atoms in total. The Morgan fingerprint density at radius 1 is 1.21 bits per heavy atom. The van der Waals surface area contributed by atoms with Crippen molar-refractivity contribution in [3.05, 3.63) is 57.3 Å². The zero-order valence-electron chi connectivity index (χ0n) is 11.0. The van der Waals surface area contributed by atoms with E-state index < -0.39 is 11.6 Å². The molecule has 1 heterocycles. The Labute approximate surface area is 116 Å². The van der Waals surface area contributed by atoms with Crippen molar-refractivity contribution in [3.63, 3.8) is 0 Å². The number of benzene rings is 1. The van der Waals surface area contributed by atoms with Crippen LogP contribution in [0.15, 0.2) is 30.3 Å². The molecule has 1 aromatic carbocycles. The molecule has 1 N–H and O–H groups in total. The number of nitrogens with one attached hydrogen (secondary N) is 1. The minimum absolute atomic E-state index is 0.252. The van der Waals surface area contributed by atoms with Crippen molar-refractivity contribution in [3.8, 4) is 0 Å². The average molecular weight is 281 g/mol. The fourth-order valence-electron chi connectivity index (χ4n) is 1.92. The van der Waals surface area contributed by atoms with Crippen LogP contribution in [0.3, 0.4) is 0 Å². The van der Waals surface area contributed by atoms with Gasteiger partial charge in [-0.2, -0.15) is 0 Å². The number of halogens is 2. The molecule has 2 aromatic rings. The van der Waals surface area contributed by atoms with Crippen molar-refractivity contribution < 1.29 is 8.78 Å². The van der Waals surface area contributed by atoms with Crippen LogP contribution >= 0.6 is 11.3 Å². The predicted molar refractivity (Wildman–Crippen MR) is 75.4 cm³/mol. The van der Waals surface area contributed by atoms with Crippen LogP contribution in [-0.4, -0.2) is 6.04 Å². The van der Waals surface area contributed by atoms with E-state index in [4.69, 9.17) is 0 Å². The molecule has 0 aliphatic heterocycles. The molecular weight excluding hydrogens is 264 g/mol. The lowest BCUT2D eigenvalue weighted by Crippen LogP contribution is -2.27. The van der Waals surface area contributed by atoms with Gasteiger partial charge in [0.2, 0.25) is 0 Å². The van der Waals surface area contributed by atoms with Crippen molar-refractivity contribution in [2.75, 3.05) is 0 Å². The van der Waals surface area contributed by atoms with Gasteiger partial charge >= 0.3 is 0 Å². The lowest BCUT2D eigenvalue weighted by molar-refractivity contribution is 0.521. The third-order valence-corrected chi connectivity index (χ3v) is 3.98. The topological polar surface area (TPSA) is 12.0 Å². The summed E-state index contributed by atoms with van der Waals surface area (Å²) in [6.45, 7) is 4.56. The molecule has 2 rings (SSSR count). The molecular formula is C15H17F2NS. The molecule has 1 aromatic heterocycles. The molecule has 0 fully saturated rings. The summed E-state index contributed by atoms with van der Waals surface area (Å²) >= 11 is 1.78. The van der Waals surface area contributed by atoms with Gasteiger partial charge in [0.25, 0.3) is 0 Å².